The molecule has 3 aromatic heterocycles. The van der Waals surface area contributed by atoms with Gasteiger partial charge in [-0.3, -0.25) is 14.2 Å². The molecular weight excluding hydrogens is 338 g/mol. The van der Waals surface area contributed by atoms with Gasteiger partial charge in [0.2, 0.25) is 5.71 Å². The molecule has 0 N–H and O–H groups in total. The molecule has 0 saturated carbocycles. The van der Waals surface area contributed by atoms with Gasteiger partial charge in [0.25, 0.3) is 11.5 Å². The number of amides is 1. The highest BCUT2D eigenvalue weighted by molar-refractivity contribution is 6.06. The minimum atomic E-state index is -0.314. The van der Waals surface area contributed by atoms with E-state index in [0.717, 1.165) is 0 Å². The molecule has 0 fully saturated rings. The van der Waals surface area contributed by atoms with E-state index in [0.29, 0.717) is 37.6 Å². The number of hydrogen-bond donors (Lipinski definition) is 0. The summed E-state index contributed by atoms with van der Waals surface area (Å²) in [5, 5.41) is 0.207. The number of hydrogen-bond acceptors (Lipinski definition) is 6. The van der Waals surface area contributed by atoms with Crippen molar-refractivity contribution in [2.45, 2.75) is 26.4 Å². The second-order valence-electron chi connectivity index (χ2n) is 6.04. The first-order valence-electron chi connectivity index (χ1n) is 8.28. The topological polar surface area (TPSA) is 90.7 Å². The molecule has 0 bridgehead atoms. The van der Waals surface area contributed by atoms with Crippen molar-refractivity contribution >= 4 is 17.0 Å². The first-order chi connectivity index (χ1) is 12.5. The number of aromatic nitrogens is 2. The molecule has 0 aliphatic heterocycles. The van der Waals surface area contributed by atoms with Crippen molar-refractivity contribution in [1.82, 2.24) is 14.5 Å². The highest BCUT2D eigenvalue weighted by atomic mass is 16.5. The van der Waals surface area contributed by atoms with Crippen molar-refractivity contribution in [3.63, 3.8) is 0 Å². The molecule has 26 heavy (non-hydrogen) atoms. The van der Waals surface area contributed by atoms with Gasteiger partial charge in [-0.1, -0.05) is 0 Å². The van der Waals surface area contributed by atoms with Crippen LogP contribution < -0.4 is 5.56 Å². The van der Waals surface area contributed by atoms with Crippen LogP contribution in [0.15, 0.2) is 38.4 Å². The normalized spacial score (nSPS) is 11.2. The van der Waals surface area contributed by atoms with Crippen LogP contribution in [-0.4, -0.2) is 41.1 Å². The number of aryl methyl sites for hydroxylation is 2. The van der Waals surface area contributed by atoms with Gasteiger partial charge >= 0.3 is 0 Å². The Morgan fingerprint density at radius 3 is 2.92 bits per heavy atom. The summed E-state index contributed by atoms with van der Waals surface area (Å²) in [6, 6.07) is 3.54. The van der Waals surface area contributed by atoms with Crippen LogP contribution in [0.2, 0.25) is 0 Å². The minimum absolute atomic E-state index is 0.172. The monoisotopic (exact) mass is 359 g/mol. The van der Waals surface area contributed by atoms with Crippen LogP contribution in [0.1, 0.15) is 28.3 Å². The molecule has 3 aromatic rings. The lowest BCUT2D eigenvalue weighted by atomic mass is 10.1. The predicted molar refractivity (Wildman–Crippen MR) is 94.0 cm³/mol. The Bertz CT molecular complexity index is 955. The van der Waals surface area contributed by atoms with E-state index in [1.165, 1.54) is 15.8 Å². The lowest BCUT2D eigenvalue weighted by Crippen LogP contribution is -2.28. The highest BCUT2D eigenvalue weighted by Crippen LogP contribution is 2.23. The molecule has 3 rings (SSSR count). The average Bonchev–Trinajstić information content (AvgIpc) is 3.23. The fourth-order valence-electron chi connectivity index (χ4n) is 2.83. The van der Waals surface area contributed by atoms with E-state index in [4.69, 9.17) is 13.6 Å². The van der Waals surface area contributed by atoms with Crippen LogP contribution in [0.3, 0.4) is 0 Å². The van der Waals surface area contributed by atoms with Crippen molar-refractivity contribution in [2.24, 2.45) is 0 Å². The third-order valence-electron chi connectivity index (χ3n) is 4.14. The molecule has 0 atom stereocenters. The van der Waals surface area contributed by atoms with Crippen molar-refractivity contribution in [2.75, 3.05) is 20.8 Å². The molecule has 0 aliphatic carbocycles. The number of nitrogens with zero attached hydrogens (tertiary/aromatic N) is 3. The molecule has 1 amide bonds. The number of methoxy groups -OCH3 is 1. The first-order valence-corrected chi connectivity index (χ1v) is 8.28. The van der Waals surface area contributed by atoms with E-state index in [-0.39, 0.29) is 28.1 Å². The van der Waals surface area contributed by atoms with Gasteiger partial charge < -0.3 is 18.5 Å². The highest BCUT2D eigenvalue weighted by Gasteiger charge is 2.25. The molecule has 8 nitrogen and oxygen atoms in total. The summed E-state index contributed by atoms with van der Waals surface area (Å²) in [7, 11) is 3.26. The standard InChI is InChI=1S/C18H21N3O5/c1-12-14(17(22)20(2)10-13-6-4-9-25-13)15-16(26-12)19-11-21(18(15)23)7-5-8-24-3/h4,6,9,11H,5,7-8,10H2,1-3H3. The van der Waals surface area contributed by atoms with E-state index >= 15 is 0 Å². The minimum Gasteiger partial charge on any atom is -0.467 e. The van der Waals surface area contributed by atoms with Gasteiger partial charge in [0.15, 0.2) is 0 Å². The Labute approximate surface area is 150 Å². The first kappa shape index (κ1) is 17.9. The quantitative estimate of drug-likeness (QED) is 0.601. The second kappa shape index (κ2) is 7.57. The lowest BCUT2D eigenvalue weighted by Gasteiger charge is -2.15. The maximum Gasteiger partial charge on any atom is 0.265 e. The Morgan fingerprint density at radius 2 is 2.23 bits per heavy atom. The Hall–Kier alpha value is -2.87. The predicted octanol–water partition coefficient (Wildman–Crippen LogP) is 2.20. The van der Waals surface area contributed by atoms with Gasteiger partial charge in [-0.2, -0.15) is 0 Å². The second-order valence-corrected chi connectivity index (χ2v) is 6.04. The SMILES string of the molecule is COCCCn1cnc2oc(C)c(C(=O)N(C)Cc3ccco3)c2c1=O. The van der Waals surface area contributed by atoms with Crippen molar-refractivity contribution < 1.29 is 18.4 Å². The van der Waals surface area contributed by atoms with E-state index in [9.17, 15) is 9.59 Å². The maximum atomic E-state index is 12.9. The van der Waals surface area contributed by atoms with Gasteiger partial charge in [-0.15, -0.1) is 0 Å². The number of fused-ring (bicyclic) bond motifs is 1. The summed E-state index contributed by atoms with van der Waals surface area (Å²) in [5.41, 5.74) is 0.121. The van der Waals surface area contributed by atoms with Gasteiger partial charge in [0.05, 0.1) is 18.4 Å². The third-order valence-corrected chi connectivity index (χ3v) is 4.14. The van der Waals surface area contributed by atoms with Crippen LogP contribution in [0.25, 0.3) is 11.1 Å². The molecule has 0 unspecified atom stereocenters. The summed E-state index contributed by atoms with van der Waals surface area (Å²) in [6.45, 7) is 2.94. The summed E-state index contributed by atoms with van der Waals surface area (Å²) < 4.78 is 17.3. The van der Waals surface area contributed by atoms with Gasteiger partial charge in [-0.05, 0) is 25.5 Å². The van der Waals surface area contributed by atoms with Gasteiger partial charge in [0, 0.05) is 27.3 Å². The molecule has 138 valence electrons. The Kier molecular flexibility index (Phi) is 5.22. The van der Waals surface area contributed by atoms with E-state index in [2.05, 4.69) is 4.98 Å². The third kappa shape index (κ3) is 3.41. The fraction of sp³-hybridized carbons (Fsp3) is 0.389. The van der Waals surface area contributed by atoms with Crippen molar-refractivity contribution in [3.05, 3.63) is 52.2 Å². The number of carbonyl (C=O) groups is 1. The zero-order chi connectivity index (χ0) is 18.7. The zero-order valence-electron chi connectivity index (χ0n) is 15.0. The number of ether oxygens (including phenoxy) is 1. The van der Waals surface area contributed by atoms with Crippen LogP contribution in [0, 0.1) is 6.92 Å². The van der Waals surface area contributed by atoms with Crippen LogP contribution >= 0.6 is 0 Å². The lowest BCUT2D eigenvalue weighted by molar-refractivity contribution is 0.0775. The fourth-order valence-corrected chi connectivity index (χ4v) is 2.83. The molecule has 0 aromatic carbocycles. The van der Waals surface area contributed by atoms with Crippen LogP contribution in [0.5, 0.6) is 0 Å². The summed E-state index contributed by atoms with van der Waals surface area (Å²) in [5.74, 6) is 0.711. The van der Waals surface area contributed by atoms with Crippen LogP contribution in [-0.2, 0) is 17.8 Å². The van der Waals surface area contributed by atoms with E-state index < -0.39 is 0 Å². The molecule has 0 radical (unpaired) electrons. The van der Waals surface area contributed by atoms with E-state index in [1.54, 1.807) is 39.5 Å². The zero-order valence-corrected chi connectivity index (χ0v) is 15.0. The molecule has 0 aliphatic rings. The maximum absolute atomic E-state index is 12.9. The van der Waals surface area contributed by atoms with Gasteiger partial charge in [0.1, 0.15) is 23.2 Å². The molecule has 0 spiro atoms. The smallest absolute Gasteiger partial charge is 0.265 e. The van der Waals surface area contributed by atoms with Crippen LogP contribution in [0.4, 0.5) is 0 Å². The average molecular weight is 359 g/mol. The largest absolute Gasteiger partial charge is 0.467 e. The summed E-state index contributed by atoms with van der Waals surface area (Å²) >= 11 is 0. The number of rotatable bonds is 7. The number of carbonyl (C=O) groups excluding carboxylic acids is 1. The number of furan rings is 2. The van der Waals surface area contributed by atoms with E-state index in [1.807, 2.05) is 0 Å². The molecule has 3 heterocycles. The van der Waals surface area contributed by atoms with Gasteiger partial charge in [-0.25, -0.2) is 4.98 Å². The molecular formula is C18H21N3O5. The van der Waals surface area contributed by atoms with Crippen molar-refractivity contribution in [1.29, 1.82) is 0 Å². The molecule has 0 saturated heterocycles. The summed E-state index contributed by atoms with van der Waals surface area (Å²) in [6.07, 6.45) is 3.65. The molecule has 8 heteroatoms. The summed E-state index contributed by atoms with van der Waals surface area (Å²) in [4.78, 5) is 31.4. The Morgan fingerprint density at radius 1 is 1.42 bits per heavy atom. The van der Waals surface area contributed by atoms with Crippen molar-refractivity contribution in [3.8, 4) is 0 Å². The Balaban J connectivity index is 1.96.